The van der Waals surface area contributed by atoms with Crippen molar-refractivity contribution in [2.75, 3.05) is 44.8 Å². The van der Waals surface area contributed by atoms with Crippen LogP contribution in [-0.2, 0) is 4.79 Å². The number of ether oxygens (including phenoxy) is 2. The molecule has 0 radical (unpaired) electrons. The molecule has 6 nitrogen and oxygen atoms in total. The number of carbonyl (C=O) groups excluding carboxylic acids is 1. The number of aromatic nitrogens is 1. The summed E-state index contributed by atoms with van der Waals surface area (Å²) < 4.78 is 12.2. The fourth-order valence-corrected chi connectivity index (χ4v) is 4.33. The molecule has 0 atom stereocenters. The first-order chi connectivity index (χ1) is 14.7. The smallest absolute Gasteiger partial charge is 0.232 e. The minimum Gasteiger partial charge on any atom is -0.494 e. The lowest BCUT2D eigenvalue weighted by atomic mass is 10.3. The Kier molecular flexibility index (Phi) is 8.04. The number of carbonyl (C=O) groups is 1. The molecule has 0 aliphatic rings. The van der Waals surface area contributed by atoms with Crippen LogP contribution in [0.3, 0.4) is 0 Å². The van der Waals surface area contributed by atoms with Gasteiger partial charge in [0.25, 0.3) is 0 Å². The molecular formula is C23H30N3O3S+. The lowest BCUT2D eigenvalue weighted by Gasteiger charge is -2.23. The molecule has 3 aromatic rings. The Balaban J connectivity index is 1.76. The molecule has 0 unspecified atom stereocenters. The zero-order valence-corrected chi connectivity index (χ0v) is 18.7. The molecule has 1 N–H and O–H groups in total. The van der Waals surface area contributed by atoms with Crippen LogP contribution in [0.1, 0.15) is 20.3 Å². The second-order valence-electron chi connectivity index (χ2n) is 6.97. The van der Waals surface area contributed by atoms with Crippen molar-refractivity contribution < 1.29 is 19.2 Å². The highest BCUT2D eigenvalue weighted by atomic mass is 32.1. The summed E-state index contributed by atoms with van der Waals surface area (Å²) in [6.07, 6.45) is 0.301. The fourth-order valence-electron chi connectivity index (χ4n) is 3.30. The highest BCUT2D eigenvalue weighted by Gasteiger charge is 2.22. The molecule has 1 heterocycles. The van der Waals surface area contributed by atoms with Crippen LogP contribution in [0.5, 0.6) is 11.5 Å². The third-order valence-corrected chi connectivity index (χ3v) is 6.18. The number of amides is 1. The molecule has 0 aliphatic heterocycles. The molecule has 30 heavy (non-hydrogen) atoms. The Morgan fingerprint density at radius 3 is 2.57 bits per heavy atom. The number of quaternary nitrogens is 1. The van der Waals surface area contributed by atoms with Crippen LogP contribution < -0.4 is 19.3 Å². The zero-order chi connectivity index (χ0) is 21.3. The number of hydrogen-bond donors (Lipinski definition) is 1. The Bertz CT molecular complexity index is 941. The summed E-state index contributed by atoms with van der Waals surface area (Å²) >= 11 is 1.52. The zero-order valence-electron chi connectivity index (χ0n) is 17.9. The summed E-state index contributed by atoms with van der Waals surface area (Å²) in [6.45, 7) is 8.25. The molecule has 1 amide bonds. The van der Waals surface area contributed by atoms with Gasteiger partial charge in [0, 0.05) is 0 Å². The van der Waals surface area contributed by atoms with Gasteiger partial charge in [-0.15, -0.1) is 0 Å². The van der Waals surface area contributed by atoms with Gasteiger partial charge >= 0.3 is 0 Å². The number of fused-ring (bicyclic) bond motifs is 1. The van der Waals surface area contributed by atoms with E-state index in [1.165, 1.54) is 16.2 Å². The molecule has 0 spiro atoms. The Hall–Kier alpha value is -2.64. The van der Waals surface area contributed by atoms with E-state index in [0.29, 0.717) is 24.7 Å². The molecule has 2 aromatic carbocycles. The second kappa shape index (κ2) is 10.9. The fraction of sp³-hybridized carbons (Fsp3) is 0.391. The molecule has 1 aromatic heterocycles. The average Bonchev–Trinajstić information content (AvgIpc) is 3.21. The molecular weight excluding hydrogens is 398 g/mol. The summed E-state index contributed by atoms with van der Waals surface area (Å²) in [5, 5.41) is 0.714. The molecule has 0 saturated heterocycles. The summed E-state index contributed by atoms with van der Waals surface area (Å²) in [6, 6.07) is 15.4. The number of nitrogens with zero attached hydrogens (tertiary/aromatic N) is 2. The number of likely N-dealkylation sites (N-methyl/N-ethyl adjacent to an activating group) is 1. The quantitative estimate of drug-likeness (QED) is 0.510. The van der Waals surface area contributed by atoms with Crippen molar-refractivity contribution in [3.8, 4) is 11.5 Å². The first-order valence-electron chi connectivity index (χ1n) is 10.4. The van der Waals surface area contributed by atoms with E-state index in [9.17, 15) is 4.79 Å². The third-order valence-electron chi connectivity index (χ3n) is 5.14. The minimum atomic E-state index is 0.0236. The van der Waals surface area contributed by atoms with E-state index in [0.717, 1.165) is 41.3 Å². The highest BCUT2D eigenvalue weighted by molar-refractivity contribution is 7.22. The van der Waals surface area contributed by atoms with Crippen molar-refractivity contribution in [1.29, 1.82) is 0 Å². The maximum atomic E-state index is 13.1. The van der Waals surface area contributed by atoms with Gasteiger partial charge in [-0.05, 0) is 38.1 Å². The number of thiazole rings is 1. The lowest BCUT2D eigenvalue weighted by molar-refractivity contribution is -0.894. The van der Waals surface area contributed by atoms with Crippen molar-refractivity contribution in [1.82, 2.24) is 4.98 Å². The Morgan fingerprint density at radius 1 is 1.10 bits per heavy atom. The predicted octanol–water partition coefficient (Wildman–Crippen LogP) is 3.03. The van der Waals surface area contributed by atoms with Gasteiger partial charge in [-0.25, -0.2) is 4.98 Å². The maximum absolute atomic E-state index is 13.1. The average molecular weight is 429 g/mol. The topological polar surface area (TPSA) is 56.1 Å². The molecule has 0 saturated carbocycles. The van der Waals surface area contributed by atoms with Crippen LogP contribution in [-0.4, -0.2) is 50.8 Å². The van der Waals surface area contributed by atoms with Gasteiger partial charge in [0.05, 0.1) is 51.0 Å². The Labute approximate surface area is 182 Å². The van der Waals surface area contributed by atoms with Crippen LogP contribution in [0.25, 0.3) is 10.2 Å². The minimum absolute atomic E-state index is 0.0236. The first-order valence-corrected chi connectivity index (χ1v) is 11.2. The largest absolute Gasteiger partial charge is 0.494 e. The van der Waals surface area contributed by atoms with E-state index in [2.05, 4.69) is 13.8 Å². The van der Waals surface area contributed by atoms with Crippen molar-refractivity contribution in [2.24, 2.45) is 0 Å². The van der Waals surface area contributed by atoms with E-state index >= 15 is 0 Å². The van der Waals surface area contributed by atoms with Gasteiger partial charge in [-0.1, -0.05) is 35.6 Å². The molecule has 160 valence electrons. The van der Waals surface area contributed by atoms with Crippen LogP contribution in [0.2, 0.25) is 0 Å². The number of rotatable bonds is 11. The van der Waals surface area contributed by atoms with E-state index in [1.54, 1.807) is 7.11 Å². The number of para-hydroxylation sites is 2. The van der Waals surface area contributed by atoms with Crippen molar-refractivity contribution in [3.63, 3.8) is 0 Å². The number of methoxy groups -OCH3 is 1. The van der Waals surface area contributed by atoms with Crippen molar-refractivity contribution in [2.45, 2.75) is 20.3 Å². The number of benzene rings is 2. The Morgan fingerprint density at radius 2 is 1.87 bits per heavy atom. The van der Waals surface area contributed by atoms with E-state index in [-0.39, 0.29) is 5.91 Å². The van der Waals surface area contributed by atoms with Gasteiger partial charge in [-0.2, -0.15) is 0 Å². The van der Waals surface area contributed by atoms with Gasteiger partial charge in [0.2, 0.25) is 5.91 Å². The molecule has 0 fully saturated rings. The van der Waals surface area contributed by atoms with E-state index in [1.807, 2.05) is 53.4 Å². The van der Waals surface area contributed by atoms with Crippen LogP contribution in [0.4, 0.5) is 5.13 Å². The van der Waals surface area contributed by atoms with E-state index < -0.39 is 0 Å². The highest BCUT2D eigenvalue weighted by Crippen LogP contribution is 2.34. The SMILES string of the molecule is CC[NH+](CC)CCN(C(=O)CCOc1ccccc1)c1nc2c(OC)cccc2s1. The standard InChI is InChI=1S/C23H29N3O3S/c1-4-25(5-2)15-16-26(21(27)14-17-29-18-10-7-6-8-11-18)23-24-22-19(28-3)12-9-13-20(22)30-23/h6-13H,4-5,14-17H2,1-3H3/p+1. The number of anilines is 1. The lowest BCUT2D eigenvalue weighted by Crippen LogP contribution is -3.12. The number of nitrogens with one attached hydrogen (secondary N) is 1. The molecule has 7 heteroatoms. The normalized spacial score (nSPS) is 11.1. The molecule has 0 bridgehead atoms. The molecule has 0 aliphatic carbocycles. The van der Waals surface area contributed by atoms with E-state index in [4.69, 9.17) is 14.5 Å². The van der Waals surface area contributed by atoms with Gasteiger partial charge in [-0.3, -0.25) is 9.69 Å². The molecule has 3 rings (SSSR count). The first kappa shape index (κ1) is 22.1. The van der Waals surface area contributed by atoms with Gasteiger partial charge in [0.15, 0.2) is 5.13 Å². The van der Waals surface area contributed by atoms with Crippen LogP contribution in [0.15, 0.2) is 48.5 Å². The van der Waals surface area contributed by atoms with Gasteiger partial charge < -0.3 is 14.4 Å². The summed E-state index contributed by atoms with van der Waals surface area (Å²) in [7, 11) is 1.64. The monoisotopic (exact) mass is 428 g/mol. The van der Waals surface area contributed by atoms with Crippen LogP contribution >= 0.6 is 11.3 Å². The van der Waals surface area contributed by atoms with Crippen molar-refractivity contribution >= 4 is 32.6 Å². The number of hydrogen-bond acceptors (Lipinski definition) is 5. The third kappa shape index (κ3) is 5.49. The predicted molar refractivity (Wildman–Crippen MR) is 122 cm³/mol. The maximum Gasteiger partial charge on any atom is 0.232 e. The second-order valence-corrected chi connectivity index (χ2v) is 7.98. The van der Waals surface area contributed by atoms with Crippen molar-refractivity contribution in [3.05, 3.63) is 48.5 Å². The summed E-state index contributed by atoms with van der Waals surface area (Å²) in [5.41, 5.74) is 0.800. The summed E-state index contributed by atoms with van der Waals surface area (Å²) in [5.74, 6) is 1.52. The summed E-state index contributed by atoms with van der Waals surface area (Å²) in [4.78, 5) is 21.1. The van der Waals surface area contributed by atoms with Gasteiger partial charge in [0.1, 0.15) is 17.0 Å². The van der Waals surface area contributed by atoms with Crippen LogP contribution in [0, 0.1) is 0 Å².